The van der Waals surface area contributed by atoms with Crippen LogP contribution in [-0.2, 0) is 0 Å². The molecule has 0 unspecified atom stereocenters. The molecule has 0 aliphatic carbocycles. The lowest BCUT2D eigenvalue weighted by Gasteiger charge is -2.18. The monoisotopic (exact) mass is 344 g/mol. The highest BCUT2D eigenvalue weighted by atomic mass is 16.3. The fourth-order valence-electron chi connectivity index (χ4n) is 2.28. The lowest BCUT2D eigenvalue weighted by Crippen LogP contribution is -2.36. The number of benzene rings is 1. The third kappa shape index (κ3) is 5.96. The number of nitrogens with one attached hydrogen (secondary N) is 3. The van der Waals surface area contributed by atoms with Gasteiger partial charge >= 0.3 is 6.03 Å². The van der Waals surface area contributed by atoms with E-state index in [2.05, 4.69) is 34.7 Å². The Hall–Kier alpha value is -2.80. The molecule has 0 saturated heterocycles. The van der Waals surface area contributed by atoms with E-state index in [0.29, 0.717) is 17.9 Å². The predicted octanol–water partition coefficient (Wildman–Crippen LogP) is 3.00. The first-order chi connectivity index (χ1) is 12.1. The van der Waals surface area contributed by atoms with Crippen LogP contribution < -0.4 is 16.0 Å². The standard InChI is InChI=1S/C18H24N4O3/c1-3-22(4-2)12-11-19-18(24)21-15-9-7-14(8-10-15)20-17(23)16-6-5-13-25-16/h5-10,13H,3-4,11-12H2,1-2H3,(H,20,23)(H2,19,21,24). The zero-order valence-electron chi connectivity index (χ0n) is 14.5. The van der Waals surface area contributed by atoms with Crippen molar-refractivity contribution in [2.45, 2.75) is 13.8 Å². The molecule has 0 spiro atoms. The van der Waals surface area contributed by atoms with Gasteiger partial charge in [0, 0.05) is 24.5 Å². The zero-order chi connectivity index (χ0) is 18.1. The number of nitrogens with zero attached hydrogens (tertiary/aromatic N) is 1. The second-order valence-electron chi connectivity index (χ2n) is 5.42. The lowest BCUT2D eigenvalue weighted by molar-refractivity contribution is 0.0996. The van der Waals surface area contributed by atoms with E-state index in [1.54, 1.807) is 36.4 Å². The Bertz CT molecular complexity index is 664. The number of rotatable bonds is 8. The summed E-state index contributed by atoms with van der Waals surface area (Å²) < 4.78 is 5.03. The molecule has 2 rings (SSSR count). The zero-order valence-corrected chi connectivity index (χ0v) is 14.5. The second kappa shape index (κ2) is 9.48. The van der Waals surface area contributed by atoms with E-state index in [-0.39, 0.29) is 17.7 Å². The third-order valence-corrected chi connectivity index (χ3v) is 3.75. The van der Waals surface area contributed by atoms with E-state index >= 15 is 0 Å². The Morgan fingerprint density at radius 3 is 2.20 bits per heavy atom. The summed E-state index contributed by atoms with van der Waals surface area (Å²) in [6, 6.07) is 9.87. The minimum absolute atomic E-state index is 0.245. The van der Waals surface area contributed by atoms with Gasteiger partial charge in [0.05, 0.1) is 6.26 Å². The number of hydrogen-bond acceptors (Lipinski definition) is 4. The van der Waals surface area contributed by atoms with Gasteiger partial charge in [-0.1, -0.05) is 13.8 Å². The summed E-state index contributed by atoms with van der Waals surface area (Å²) in [5.41, 5.74) is 1.27. The van der Waals surface area contributed by atoms with Crippen LogP contribution in [0.25, 0.3) is 0 Å². The SMILES string of the molecule is CCN(CC)CCNC(=O)Nc1ccc(NC(=O)c2ccco2)cc1. The molecule has 2 aromatic rings. The topological polar surface area (TPSA) is 86.6 Å². The molecule has 0 atom stereocenters. The molecule has 1 aromatic carbocycles. The quantitative estimate of drug-likeness (QED) is 0.687. The van der Waals surface area contributed by atoms with Gasteiger partial charge in [-0.2, -0.15) is 0 Å². The third-order valence-electron chi connectivity index (χ3n) is 3.75. The summed E-state index contributed by atoms with van der Waals surface area (Å²) in [4.78, 5) is 26.0. The maximum Gasteiger partial charge on any atom is 0.319 e. The van der Waals surface area contributed by atoms with Crippen molar-refractivity contribution in [3.63, 3.8) is 0 Å². The first-order valence-electron chi connectivity index (χ1n) is 8.34. The van der Waals surface area contributed by atoms with Gasteiger partial charge in [0.15, 0.2) is 5.76 Å². The molecule has 3 amide bonds. The van der Waals surface area contributed by atoms with Crippen molar-refractivity contribution in [3.8, 4) is 0 Å². The van der Waals surface area contributed by atoms with E-state index in [9.17, 15) is 9.59 Å². The Kier molecular flexibility index (Phi) is 7.03. The summed E-state index contributed by atoms with van der Waals surface area (Å²) in [7, 11) is 0. The number of likely N-dealkylation sites (N-methyl/N-ethyl adjacent to an activating group) is 1. The molecule has 134 valence electrons. The van der Waals surface area contributed by atoms with Gasteiger partial charge in [0.2, 0.25) is 0 Å². The minimum Gasteiger partial charge on any atom is -0.459 e. The van der Waals surface area contributed by atoms with Crippen molar-refractivity contribution in [2.24, 2.45) is 0 Å². The highest BCUT2D eigenvalue weighted by molar-refractivity contribution is 6.02. The largest absolute Gasteiger partial charge is 0.459 e. The predicted molar refractivity (Wildman–Crippen MR) is 97.9 cm³/mol. The maximum atomic E-state index is 11.9. The average molecular weight is 344 g/mol. The van der Waals surface area contributed by atoms with Crippen LogP contribution in [-0.4, -0.2) is 43.0 Å². The van der Waals surface area contributed by atoms with Crippen LogP contribution in [0.2, 0.25) is 0 Å². The van der Waals surface area contributed by atoms with Crippen molar-refractivity contribution in [2.75, 3.05) is 36.8 Å². The minimum atomic E-state index is -0.320. The van der Waals surface area contributed by atoms with Crippen LogP contribution in [0.1, 0.15) is 24.4 Å². The van der Waals surface area contributed by atoms with Crippen molar-refractivity contribution >= 4 is 23.3 Å². The van der Waals surface area contributed by atoms with E-state index in [4.69, 9.17) is 4.42 Å². The molecule has 3 N–H and O–H groups in total. The van der Waals surface area contributed by atoms with Crippen molar-refractivity contribution < 1.29 is 14.0 Å². The smallest absolute Gasteiger partial charge is 0.319 e. The molecule has 1 aromatic heterocycles. The normalized spacial score (nSPS) is 10.5. The van der Waals surface area contributed by atoms with Crippen molar-refractivity contribution in [3.05, 3.63) is 48.4 Å². The lowest BCUT2D eigenvalue weighted by atomic mass is 10.2. The van der Waals surface area contributed by atoms with Crippen molar-refractivity contribution in [1.82, 2.24) is 10.2 Å². The number of urea groups is 1. The first kappa shape index (κ1) is 18.5. The molecule has 25 heavy (non-hydrogen) atoms. The van der Waals surface area contributed by atoms with E-state index in [0.717, 1.165) is 19.6 Å². The number of furan rings is 1. The summed E-state index contributed by atoms with van der Waals surface area (Å²) in [6.45, 7) is 7.52. The molecule has 0 bridgehead atoms. The Morgan fingerprint density at radius 1 is 1.00 bits per heavy atom. The number of amides is 3. The second-order valence-corrected chi connectivity index (χ2v) is 5.42. The van der Waals surface area contributed by atoms with Gasteiger partial charge in [0.25, 0.3) is 5.91 Å². The maximum absolute atomic E-state index is 11.9. The molecule has 0 aliphatic rings. The number of carbonyl (C=O) groups is 2. The van der Waals surface area contributed by atoms with Gasteiger partial charge in [-0.25, -0.2) is 4.79 Å². The Labute approximate surface area is 147 Å². The fourth-order valence-corrected chi connectivity index (χ4v) is 2.28. The van der Waals surface area contributed by atoms with Crippen LogP contribution in [0.3, 0.4) is 0 Å². The van der Waals surface area contributed by atoms with Crippen LogP contribution in [0.4, 0.5) is 16.2 Å². The number of carbonyl (C=O) groups excluding carboxylic acids is 2. The van der Waals surface area contributed by atoms with E-state index in [1.165, 1.54) is 6.26 Å². The van der Waals surface area contributed by atoms with Gasteiger partial charge < -0.3 is 25.3 Å². The Morgan fingerprint density at radius 2 is 1.64 bits per heavy atom. The molecule has 0 radical (unpaired) electrons. The summed E-state index contributed by atoms with van der Waals surface area (Å²) in [5.74, 6) is -0.0744. The van der Waals surface area contributed by atoms with Crippen LogP contribution in [0.5, 0.6) is 0 Å². The molecular formula is C18H24N4O3. The molecule has 1 heterocycles. The molecule has 0 saturated carbocycles. The molecular weight excluding hydrogens is 320 g/mol. The van der Waals surface area contributed by atoms with Crippen LogP contribution in [0, 0.1) is 0 Å². The van der Waals surface area contributed by atoms with Gasteiger partial charge in [-0.3, -0.25) is 4.79 Å². The van der Waals surface area contributed by atoms with E-state index in [1.807, 2.05) is 0 Å². The Balaban J connectivity index is 1.77. The first-order valence-corrected chi connectivity index (χ1v) is 8.34. The fraction of sp³-hybridized carbons (Fsp3) is 0.333. The molecule has 7 heteroatoms. The van der Waals surface area contributed by atoms with Gasteiger partial charge in [-0.15, -0.1) is 0 Å². The number of hydrogen-bond donors (Lipinski definition) is 3. The molecule has 0 fully saturated rings. The molecule has 7 nitrogen and oxygen atoms in total. The van der Waals surface area contributed by atoms with Crippen LogP contribution in [0.15, 0.2) is 47.1 Å². The molecule has 0 aliphatic heterocycles. The van der Waals surface area contributed by atoms with Gasteiger partial charge in [-0.05, 0) is 49.5 Å². The van der Waals surface area contributed by atoms with Crippen molar-refractivity contribution in [1.29, 1.82) is 0 Å². The average Bonchev–Trinajstić information content (AvgIpc) is 3.15. The highest BCUT2D eigenvalue weighted by Gasteiger charge is 2.09. The summed E-state index contributed by atoms with van der Waals surface area (Å²) in [5, 5.41) is 8.30. The summed E-state index contributed by atoms with van der Waals surface area (Å²) >= 11 is 0. The highest BCUT2D eigenvalue weighted by Crippen LogP contribution is 2.14. The summed E-state index contributed by atoms with van der Waals surface area (Å²) in [6.07, 6.45) is 1.45. The van der Waals surface area contributed by atoms with E-state index < -0.39 is 0 Å². The van der Waals surface area contributed by atoms with Crippen LogP contribution >= 0.6 is 0 Å². The van der Waals surface area contributed by atoms with Gasteiger partial charge in [0.1, 0.15) is 0 Å². The number of anilines is 2.